The van der Waals surface area contributed by atoms with E-state index in [1.54, 1.807) is 30.3 Å². The van der Waals surface area contributed by atoms with Crippen LogP contribution in [0.5, 0.6) is 0 Å². The van der Waals surface area contributed by atoms with Crippen LogP contribution in [-0.4, -0.2) is 47.6 Å². The number of aliphatic hydroxyl groups is 2. The summed E-state index contributed by atoms with van der Waals surface area (Å²) in [7, 11) is 0. The average Bonchev–Trinajstić information content (AvgIpc) is 3.19. The lowest BCUT2D eigenvalue weighted by Gasteiger charge is -2.59. The van der Waals surface area contributed by atoms with Crippen LogP contribution < -0.4 is 0 Å². The second-order valence-electron chi connectivity index (χ2n) is 10.8. The third-order valence-corrected chi connectivity index (χ3v) is 9.01. The number of allylic oxidation sites excluding steroid dienone is 2. The molecule has 0 bridgehead atoms. The summed E-state index contributed by atoms with van der Waals surface area (Å²) in [5.74, 6) is -0.823. The monoisotopic (exact) mass is 514 g/mol. The van der Waals surface area contributed by atoms with E-state index in [0.29, 0.717) is 23.4 Å². The van der Waals surface area contributed by atoms with Crippen LogP contribution in [0.15, 0.2) is 54.1 Å². The molecule has 6 atom stereocenters. The number of hydrogen-bond donors (Lipinski definition) is 2. The molecule has 0 aromatic heterocycles. The molecule has 0 amide bonds. The number of esters is 2. The van der Waals surface area contributed by atoms with Crippen LogP contribution in [0, 0.1) is 22.7 Å². The first-order valence-corrected chi connectivity index (χ1v) is 12.9. The molecule has 1 heterocycles. The van der Waals surface area contributed by atoms with Crippen molar-refractivity contribution in [3.8, 4) is 0 Å². The highest BCUT2D eigenvalue weighted by Crippen LogP contribution is 2.61. The van der Waals surface area contributed by atoms with Crippen LogP contribution in [0.1, 0.15) is 51.5 Å². The number of carbonyl (C=O) groups is 2. The van der Waals surface area contributed by atoms with Gasteiger partial charge in [0, 0.05) is 16.5 Å². The maximum Gasteiger partial charge on any atom is 0.337 e. The number of fused-ring (bicyclic) bond motifs is 1. The minimum absolute atomic E-state index is 0.00846. The van der Waals surface area contributed by atoms with E-state index < -0.39 is 29.6 Å². The molecule has 2 aliphatic carbocycles. The number of aliphatic hydroxyl groups excluding tert-OH is 2. The fourth-order valence-corrected chi connectivity index (χ4v) is 6.69. The first kappa shape index (κ1) is 26.6. The van der Waals surface area contributed by atoms with Crippen LogP contribution in [-0.2, 0) is 19.1 Å². The summed E-state index contributed by atoms with van der Waals surface area (Å²) in [6.07, 6.45) is 7.16. The number of cyclic esters (lactones) is 1. The number of rotatable bonds is 6. The molecular weight excluding hydrogens is 480 g/mol. The first-order valence-electron chi connectivity index (χ1n) is 12.6. The molecule has 194 valence electrons. The van der Waals surface area contributed by atoms with E-state index in [-0.39, 0.29) is 30.5 Å². The van der Waals surface area contributed by atoms with Crippen molar-refractivity contribution in [2.75, 3.05) is 13.2 Å². The molecular formula is C29H35ClO6. The van der Waals surface area contributed by atoms with Crippen molar-refractivity contribution >= 4 is 29.6 Å². The molecule has 2 N–H and O–H groups in total. The van der Waals surface area contributed by atoms with Crippen LogP contribution in [0.25, 0.3) is 6.08 Å². The number of halogens is 1. The Labute approximate surface area is 217 Å². The molecule has 1 unspecified atom stereocenters. The van der Waals surface area contributed by atoms with Gasteiger partial charge in [-0.3, -0.25) is 0 Å². The second-order valence-corrected chi connectivity index (χ2v) is 11.3. The van der Waals surface area contributed by atoms with E-state index in [0.717, 1.165) is 30.4 Å². The van der Waals surface area contributed by atoms with Crippen LogP contribution in [0.4, 0.5) is 0 Å². The highest BCUT2D eigenvalue weighted by molar-refractivity contribution is 6.30. The van der Waals surface area contributed by atoms with Crippen molar-refractivity contribution in [2.45, 2.75) is 58.2 Å². The maximum absolute atomic E-state index is 12.5. The fourth-order valence-electron chi connectivity index (χ4n) is 6.57. The Morgan fingerprint density at radius 3 is 2.69 bits per heavy atom. The molecule has 1 saturated heterocycles. The topological polar surface area (TPSA) is 93.1 Å². The van der Waals surface area contributed by atoms with Crippen LogP contribution in [0.3, 0.4) is 0 Å². The van der Waals surface area contributed by atoms with Crippen molar-refractivity contribution < 1.29 is 29.3 Å². The summed E-state index contributed by atoms with van der Waals surface area (Å²) >= 11 is 5.89. The summed E-state index contributed by atoms with van der Waals surface area (Å²) in [5.41, 5.74) is 1.53. The van der Waals surface area contributed by atoms with Gasteiger partial charge in [0.25, 0.3) is 0 Å². The van der Waals surface area contributed by atoms with Gasteiger partial charge in [-0.1, -0.05) is 55.8 Å². The van der Waals surface area contributed by atoms with Gasteiger partial charge in [0.15, 0.2) is 6.10 Å². The van der Waals surface area contributed by atoms with Gasteiger partial charge in [-0.15, -0.1) is 0 Å². The molecule has 1 aliphatic heterocycles. The molecule has 1 aromatic rings. The summed E-state index contributed by atoms with van der Waals surface area (Å²) in [6, 6.07) is 7.04. The van der Waals surface area contributed by atoms with Crippen molar-refractivity contribution in [2.24, 2.45) is 22.7 Å². The molecule has 1 aromatic carbocycles. The predicted molar refractivity (Wildman–Crippen MR) is 138 cm³/mol. The van der Waals surface area contributed by atoms with Gasteiger partial charge in [-0.05, 0) is 73.1 Å². The Hall–Kier alpha value is -2.41. The summed E-state index contributed by atoms with van der Waals surface area (Å²) in [5, 5.41) is 21.5. The summed E-state index contributed by atoms with van der Waals surface area (Å²) in [4.78, 5) is 24.9. The summed E-state index contributed by atoms with van der Waals surface area (Å²) < 4.78 is 10.8. The predicted octanol–water partition coefficient (Wildman–Crippen LogP) is 4.88. The molecule has 2 saturated carbocycles. The van der Waals surface area contributed by atoms with Crippen molar-refractivity contribution in [3.05, 3.63) is 64.7 Å². The minimum atomic E-state index is -0.767. The molecule has 6 nitrogen and oxygen atoms in total. The highest BCUT2D eigenvalue weighted by atomic mass is 35.5. The summed E-state index contributed by atoms with van der Waals surface area (Å²) in [6.45, 7) is 8.46. The minimum Gasteiger partial charge on any atom is -0.458 e. The lowest BCUT2D eigenvalue weighted by atomic mass is 9.46. The maximum atomic E-state index is 12.5. The standard InChI is InChI=1S/C29H35ClO6/c1-18-4-12-24-28(2,15-14-25(32)29(24,3)17-31)22(18)11-10-21-23(16-35-27(21)34)36-26(33)13-7-19-5-8-20(30)9-6-19/h5-10,13,22-25,31-32H,1,4,11-12,14-17H2,2-3H3/t22-,23-,24?,25-,28+,29+/m1/s1. The third-order valence-electron chi connectivity index (χ3n) is 8.76. The normalized spacial score (nSPS) is 35.6. The SMILES string of the molecule is C=C1CCC2[C@](C)(CO)[C@H](O)CC[C@@]2(C)[C@@H]1CC=C1C(=O)OC[C@H]1OC(=O)C=Cc1ccc(Cl)cc1. The average molecular weight is 515 g/mol. The van der Waals surface area contributed by atoms with Crippen LogP contribution in [0.2, 0.25) is 5.02 Å². The van der Waals surface area contributed by atoms with Crippen molar-refractivity contribution in [1.82, 2.24) is 0 Å². The lowest BCUT2D eigenvalue weighted by Crippen LogP contribution is -2.57. The van der Waals surface area contributed by atoms with Gasteiger partial charge in [0.1, 0.15) is 6.61 Å². The zero-order chi connectivity index (χ0) is 26.1. The third kappa shape index (κ3) is 5.04. The first-order chi connectivity index (χ1) is 17.1. The Morgan fingerprint density at radius 1 is 1.28 bits per heavy atom. The molecule has 0 radical (unpaired) electrons. The second kappa shape index (κ2) is 10.5. The number of benzene rings is 1. The van der Waals surface area contributed by atoms with Gasteiger partial charge in [0.2, 0.25) is 0 Å². The van der Waals surface area contributed by atoms with E-state index in [1.807, 2.05) is 13.0 Å². The van der Waals surface area contributed by atoms with E-state index in [9.17, 15) is 19.8 Å². The molecule has 0 spiro atoms. The smallest absolute Gasteiger partial charge is 0.337 e. The Balaban J connectivity index is 1.48. The van der Waals surface area contributed by atoms with Gasteiger partial charge in [-0.25, -0.2) is 9.59 Å². The molecule has 3 aliphatic rings. The molecule has 3 fully saturated rings. The van der Waals surface area contributed by atoms with Gasteiger partial charge >= 0.3 is 11.9 Å². The van der Waals surface area contributed by atoms with E-state index in [1.165, 1.54) is 6.08 Å². The largest absolute Gasteiger partial charge is 0.458 e. The van der Waals surface area contributed by atoms with E-state index in [4.69, 9.17) is 21.1 Å². The number of carbonyl (C=O) groups excluding carboxylic acids is 2. The van der Waals surface area contributed by atoms with Crippen LogP contribution >= 0.6 is 11.6 Å². The number of hydrogen-bond acceptors (Lipinski definition) is 6. The molecule has 4 rings (SSSR count). The molecule has 7 heteroatoms. The number of ether oxygens (including phenoxy) is 2. The Kier molecular flexibility index (Phi) is 7.79. The van der Waals surface area contributed by atoms with E-state index in [2.05, 4.69) is 13.5 Å². The quantitative estimate of drug-likeness (QED) is 0.319. The van der Waals surface area contributed by atoms with Crippen molar-refractivity contribution in [1.29, 1.82) is 0 Å². The fraction of sp³-hybridized carbons (Fsp3) is 0.517. The zero-order valence-corrected chi connectivity index (χ0v) is 21.7. The Morgan fingerprint density at radius 2 is 2.00 bits per heavy atom. The van der Waals surface area contributed by atoms with Gasteiger partial charge in [0.05, 0.1) is 18.3 Å². The highest BCUT2D eigenvalue weighted by Gasteiger charge is 2.57. The Bertz CT molecular complexity index is 1080. The van der Waals surface area contributed by atoms with E-state index >= 15 is 0 Å². The lowest BCUT2D eigenvalue weighted by molar-refractivity contribution is -0.151. The van der Waals surface area contributed by atoms with Gasteiger partial charge < -0.3 is 19.7 Å². The van der Waals surface area contributed by atoms with Gasteiger partial charge in [-0.2, -0.15) is 0 Å². The zero-order valence-electron chi connectivity index (χ0n) is 20.9. The molecule has 36 heavy (non-hydrogen) atoms. The van der Waals surface area contributed by atoms with Crippen molar-refractivity contribution in [3.63, 3.8) is 0 Å².